The summed E-state index contributed by atoms with van der Waals surface area (Å²) in [6.07, 6.45) is 4.41. The summed E-state index contributed by atoms with van der Waals surface area (Å²) < 4.78 is 28.7. The number of anilines is 1. The van der Waals surface area contributed by atoms with Crippen LogP contribution in [0.2, 0.25) is 5.02 Å². The van der Waals surface area contributed by atoms with Crippen molar-refractivity contribution in [1.29, 1.82) is 5.41 Å². The minimum atomic E-state index is -3.06. The average Bonchev–Trinajstić information content (AvgIpc) is 3.46. The monoisotopic (exact) mass is 394 g/mol. The lowest BCUT2D eigenvalue weighted by molar-refractivity contribution is -0.0527. The fourth-order valence-corrected chi connectivity index (χ4v) is 3.05. The van der Waals surface area contributed by atoms with E-state index in [1.807, 2.05) is 6.07 Å². The third-order valence-corrected chi connectivity index (χ3v) is 4.56. The fourth-order valence-electron chi connectivity index (χ4n) is 2.84. The van der Waals surface area contributed by atoms with Gasteiger partial charge < -0.3 is 21.2 Å². The lowest BCUT2D eigenvalue weighted by atomic mass is 9.96. The van der Waals surface area contributed by atoms with E-state index in [1.54, 1.807) is 6.07 Å². The first-order valence-electron chi connectivity index (χ1n) is 8.21. The van der Waals surface area contributed by atoms with Crippen LogP contribution in [-0.4, -0.2) is 23.7 Å². The molecule has 142 valence electrons. The molecule has 6 nitrogen and oxygen atoms in total. The zero-order valence-corrected chi connectivity index (χ0v) is 14.9. The Morgan fingerprint density at radius 2 is 2.22 bits per heavy atom. The van der Waals surface area contributed by atoms with Crippen LogP contribution in [0, 0.1) is 5.41 Å². The number of halogens is 3. The van der Waals surface area contributed by atoms with Crippen LogP contribution in [0.5, 0.6) is 5.88 Å². The third-order valence-electron chi connectivity index (χ3n) is 4.28. The Balaban J connectivity index is 1.77. The Morgan fingerprint density at radius 1 is 1.48 bits per heavy atom. The van der Waals surface area contributed by atoms with Crippen molar-refractivity contribution in [2.75, 3.05) is 5.73 Å². The van der Waals surface area contributed by atoms with E-state index in [9.17, 15) is 13.6 Å². The largest absolute Gasteiger partial charge is 0.415 e. The highest BCUT2D eigenvalue weighted by Gasteiger charge is 2.27. The fraction of sp³-hybridized carbons (Fsp3) is 0.278. The number of nitrogens with two attached hydrogens (primary N) is 1. The van der Waals surface area contributed by atoms with Gasteiger partial charge >= 0.3 is 6.61 Å². The van der Waals surface area contributed by atoms with Gasteiger partial charge in [-0.15, -0.1) is 0 Å². The van der Waals surface area contributed by atoms with Gasteiger partial charge in [0.25, 0.3) is 5.91 Å². The molecular weight excluding hydrogens is 378 g/mol. The van der Waals surface area contributed by atoms with Crippen molar-refractivity contribution in [3.63, 3.8) is 0 Å². The summed E-state index contributed by atoms with van der Waals surface area (Å²) in [7, 11) is 0. The molecule has 3 rings (SSSR count). The van der Waals surface area contributed by atoms with Crippen LogP contribution in [0.1, 0.15) is 45.8 Å². The van der Waals surface area contributed by atoms with Crippen molar-refractivity contribution in [3.8, 4) is 5.88 Å². The molecule has 1 heterocycles. The van der Waals surface area contributed by atoms with Gasteiger partial charge in [0.15, 0.2) is 0 Å². The molecule has 1 fully saturated rings. The van der Waals surface area contributed by atoms with E-state index >= 15 is 0 Å². The molecule has 0 saturated heterocycles. The van der Waals surface area contributed by atoms with Crippen molar-refractivity contribution in [2.45, 2.75) is 31.9 Å². The molecule has 0 radical (unpaired) electrons. The number of benzene rings is 1. The first-order valence-corrected chi connectivity index (χ1v) is 8.58. The molecule has 0 atom stereocenters. The van der Waals surface area contributed by atoms with E-state index in [4.69, 9.17) is 22.7 Å². The number of alkyl halides is 2. The van der Waals surface area contributed by atoms with Crippen molar-refractivity contribution < 1.29 is 18.3 Å². The second kappa shape index (κ2) is 7.87. The molecule has 0 spiro atoms. The van der Waals surface area contributed by atoms with E-state index in [1.165, 1.54) is 12.3 Å². The number of pyridine rings is 1. The molecule has 4 N–H and O–H groups in total. The number of amides is 1. The van der Waals surface area contributed by atoms with Gasteiger partial charge in [0.1, 0.15) is 5.02 Å². The highest BCUT2D eigenvalue weighted by molar-refractivity contribution is 6.32. The summed E-state index contributed by atoms with van der Waals surface area (Å²) >= 11 is 5.83. The minimum Gasteiger partial charge on any atom is -0.415 e. The number of carbonyl (C=O) groups excluding carboxylic acids is 1. The minimum absolute atomic E-state index is 0.106. The SMILES string of the molecule is N=Cc1c(N)ccc(C2CC2)c1CNC(=O)c1cnc(OC(F)F)c(Cl)c1. The Morgan fingerprint density at radius 3 is 2.81 bits per heavy atom. The van der Waals surface area contributed by atoms with Gasteiger partial charge in [-0.2, -0.15) is 8.78 Å². The summed E-state index contributed by atoms with van der Waals surface area (Å²) in [5.74, 6) is -0.507. The number of aromatic nitrogens is 1. The molecule has 1 aromatic heterocycles. The standard InChI is InChI=1S/C18H17ClF2N4O2/c19-14-5-10(7-25-17(14)27-18(20)21)16(26)24-8-13-11(9-1-2-9)3-4-15(23)12(13)6-22/h3-7,9,18,22H,1-2,8,23H2,(H,24,26). The zero-order valence-electron chi connectivity index (χ0n) is 14.1. The normalized spacial score (nSPS) is 13.5. The average molecular weight is 395 g/mol. The topological polar surface area (TPSA) is 101 Å². The Labute approximate surface area is 159 Å². The van der Waals surface area contributed by atoms with Gasteiger partial charge in [-0.1, -0.05) is 17.7 Å². The highest BCUT2D eigenvalue weighted by Crippen LogP contribution is 2.43. The molecular formula is C18H17ClF2N4O2. The molecule has 1 saturated carbocycles. The number of nitrogens with zero attached hydrogens (tertiary/aromatic N) is 1. The Hall–Kier alpha value is -2.74. The Bertz CT molecular complexity index is 888. The van der Waals surface area contributed by atoms with Gasteiger partial charge in [0.2, 0.25) is 5.88 Å². The molecule has 0 aliphatic heterocycles. The van der Waals surface area contributed by atoms with Crippen LogP contribution in [0.15, 0.2) is 24.4 Å². The molecule has 0 unspecified atom stereocenters. The van der Waals surface area contributed by atoms with E-state index in [2.05, 4.69) is 15.0 Å². The molecule has 9 heteroatoms. The predicted octanol–water partition coefficient (Wildman–Crippen LogP) is 3.72. The van der Waals surface area contributed by atoms with Gasteiger partial charge in [0, 0.05) is 30.2 Å². The van der Waals surface area contributed by atoms with E-state index in [0.717, 1.165) is 30.2 Å². The van der Waals surface area contributed by atoms with Crippen molar-refractivity contribution in [3.05, 3.63) is 51.7 Å². The van der Waals surface area contributed by atoms with Gasteiger partial charge in [-0.3, -0.25) is 4.79 Å². The van der Waals surface area contributed by atoms with Gasteiger partial charge in [-0.05, 0) is 42.0 Å². The molecule has 1 aliphatic carbocycles. The predicted molar refractivity (Wildman–Crippen MR) is 97.8 cm³/mol. The summed E-state index contributed by atoms with van der Waals surface area (Å²) in [6, 6.07) is 4.90. The zero-order chi connectivity index (χ0) is 19.6. The van der Waals surface area contributed by atoms with Gasteiger partial charge in [0.05, 0.1) is 5.56 Å². The number of hydrogen-bond acceptors (Lipinski definition) is 5. The molecule has 27 heavy (non-hydrogen) atoms. The molecule has 2 aromatic rings. The van der Waals surface area contributed by atoms with Crippen molar-refractivity contribution in [2.24, 2.45) is 0 Å². The van der Waals surface area contributed by atoms with Crippen LogP contribution in [-0.2, 0) is 6.54 Å². The first-order chi connectivity index (χ1) is 12.9. The van der Waals surface area contributed by atoms with Gasteiger partial charge in [-0.25, -0.2) is 4.98 Å². The molecule has 1 aromatic carbocycles. The lowest BCUT2D eigenvalue weighted by Crippen LogP contribution is -2.24. The van der Waals surface area contributed by atoms with Crippen molar-refractivity contribution >= 4 is 29.4 Å². The van der Waals surface area contributed by atoms with E-state index < -0.39 is 18.4 Å². The van der Waals surface area contributed by atoms with Crippen LogP contribution in [0.25, 0.3) is 0 Å². The Kier molecular flexibility index (Phi) is 5.55. The molecule has 1 aliphatic rings. The quantitative estimate of drug-likeness (QED) is 0.492. The maximum absolute atomic E-state index is 12.4. The van der Waals surface area contributed by atoms with Crippen LogP contribution in [0.4, 0.5) is 14.5 Å². The second-order valence-corrected chi connectivity index (χ2v) is 6.53. The second-order valence-electron chi connectivity index (χ2n) is 6.13. The maximum Gasteiger partial charge on any atom is 0.388 e. The van der Waals surface area contributed by atoms with Crippen molar-refractivity contribution in [1.82, 2.24) is 10.3 Å². The van der Waals surface area contributed by atoms with Crippen LogP contribution < -0.4 is 15.8 Å². The van der Waals surface area contributed by atoms with Crippen LogP contribution >= 0.6 is 11.6 Å². The number of rotatable bonds is 7. The molecule has 0 bridgehead atoms. The number of hydrogen-bond donors (Lipinski definition) is 3. The molecule has 1 amide bonds. The summed E-state index contributed by atoms with van der Waals surface area (Å²) in [5, 5.41) is 10.2. The summed E-state index contributed by atoms with van der Waals surface area (Å²) in [5.41, 5.74) is 8.98. The number of ether oxygens (including phenoxy) is 1. The third kappa shape index (κ3) is 4.33. The summed E-state index contributed by atoms with van der Waals surface area (Å²) in [4.78, 5) is 16.0. The van der Waals surface area contributed by atoms with E-state index in [-0.39, 0.29) is 17.1 Å². The lowest BCUT2D eigenvalue weighted by Gasteiger charge is -2.15. The number of carbonyl (C=O) groups is 1. The smallest absolute Gasteiger partial charge is 0.388 e. The highest BCUT2D eigenvalue weighted by atomic mass is 35.5. The maximum atomic E-state index is 12.4. The van der Waals surface area contributed by atoms with Crippen LogP contribution in [0.3, 0.4) is 0 Å². The summed E-state index contributed by atoms with van der Waals surface area (Å²) in [6.45, 7) is -2.88. The first kappa shape index (κ1) is 19.0. The van der Waals surface area contributed by atoms with E-state index in [0.29, 0.717) is 17.2 Å². The number of nitrogens with one attached hydrogen (secondary N) is 2. The number of nitrogen functional groups attached to an aromatic ring is 1.